The molecule has 0 atom stereocenters. The van der Waals surface area contributed by atoms with Crippen molar-refractivity contribution < 1.29 is 0 Å². The van der Waals surface area contributed by atoms with Gasteiger partial charge >= 0.3 is 0 Å². The zero-order valence-electron chi connectivity index (χ0n) is 11.2. The Morgan fingerprint density at radius 2 is 2.05 bits per heavy atom. The minimum atomic E-state index is 0.698. The van der Waals surface area contributed by atoms with E-state index in [-0.39, 0.29) is 0 Å². The molecule has 0 unspecified atom stereocenters. The third-order valence-electron chi connectivity index (χ3n) is 3.23. The summed E-state index contributed by atoms with van der Waals surface area (Å²) in [5.41, 5.74) is 10.3. The van der Waals surface area contributed by atoms with Crippen molar-refractivity contribution in [3.8, 4) is 10.6 Å². The number of thiophene rings is 1. The summed E-state index contributed by atoms with van der Waals surface area (Å²) < 4.78 is 1.95. The molecular formula is C14H16N4S. The Morgan fingerprint density at radius 3 is 2.68 bits per heavy atom. The fourth-order valence-corrected chi connectivity index (χ4v) is 3.02. The molecule has 4 nitrogen and oxygen atoms in total. The molecule has 0 spiro atoms. The second kappa shape index (κ2) is 4.28. The fourth-order valence-electron chi connectivity index (χ4n) is 2.10. The van der Waals surface area contributed by atoms with Crippen molar-refractivity contribution in [2.75, 3.05) is 24.7 Å². The van der Waals surface area contributed by atoms with Crippen LogP contribution in [0.4, 0.5) is 11.5 Å². The van der Waals surface area contributed by atoms with E-state index < -0.39 is 0 Å². The summed E-state index contributed by atoms with van der Waals surface area (Å²) in [5.74, 6) is 0.698. The maximum absolute atomic E-state index is 6.26. The Hall–Kier alpha value is -2.01. The van der Waals surface area contributed by atoms with Gasteiger partial charge in [0.05, 0.1) is 10.6 Å². The number of nitrogen functional groups attached to an aromatic ring is 1. The highest BCUT2D eigenvalue weighted by atomic mass is 32.1. The Balaban J connectivity index is 2.24. The highest BCUT2D eigenvalue weighted by Crippen LogP contribution is 2.33. The predicted molar refractivity (Wildman–Crippen MR) is 82.0 cm³/mol. The number of aromatic nitrogens is 2. The van der Waals surface area contributed by atoms with Gasteiger partial charge < -0.3 is 10.6 Å². The highest BCUT2D eigenvalue weighted by molar-refractivity contribution is 7.13. The zero-order chi connectivity index (χ0) is 13.6. The molecule has 0 amide bonds. The van der Waals surface area contributed by atoms with Crippen LogP contribution in [0.3, 0.4) is 0 Å². The van der Waals surface area contributed by atoms with Crippen LogP contribution >= 0.6 is 11.3 Å². The molecule has 2 N–H and O–H groups in total. The maximum Gasteiger partial charge on any atom is 0.139 e. The number of pyridine rings is 1. The van der Waals surface area contributed by atoms with Crippen LogP contribution in [0.1, 0.15) is 5.56 Å². The van der Waals surface area contributed by atoms with Crippen molar-refractivity contribution in [2.24, 2.45) is 0 Å². The smallest absolute Gasteiger partial charge is 0.139 e. The number of fused-ring (bicyclic) bond motifs is 1. The van der Waals surface area contributed by atoms with E-state index in [2.05, 4.69) is 28.3 Å². The van der Waals surface area contributed by atoms with Gasteiger partial charge in [-0.1, -0.05) is 0 Å². The lowest BCUT2D eigenvalue weighted by atomic mass is 10.2. The molecule has 0 aliphatic heterocycles. The second-order valence-electron chi connectivity index (χ2n) is 4.79. The molecule has 3 rings (SSSR count). The number of hydrogen-bond donors (Lipinski definition) is 1. The molecule has 98 valence electrons. The molecule has 0 radical (unpaired) electrons. The summed E-state index contributed by atoms with van der Waals surface area (Å²) in [6.45, 7) is 2.08. The first kappa shape index (κ1) is 12.0. The lowest BCUT2D eigenvalue weighted by molar-refractivity contribution is 1.09. The standard InChI is InChI=1S/C14H16N4S/c1-9-6-7-19-13(9)12-14(15)18-8-10(17(2)3)4-5-11(18)16-12/h4-8H,15H2,1-3H3. The van der Waals surface area contributed by atoms with Gasteiger partial charge in [0.25, 0.3) is 0 Å². The van der Waals surface area contributed by atoms with Crippen molar-refractivity contribution in [3.63, 3.8) is 0 Å². The number of hydrogen-bond acceptors (Lipinski definition) is 4. The first-order valence-electron chi connectivity index (χ1n) is 6.07. The first-order chi connectivity index (χ1) is 9.08. The third kappa shape index (κ3) is 1.86. The van der Waals surface area contributed by atoms with E-state index in [0.29, 0.717) is 5.82 Å². The second-order valence-corrected chi connectivity index (χ2v) is 5.70. The topological polar surface area (TPSA) is 46.6 Å². The van der Waals surface area contributed by atoms with Crippen LogP contribution < -0.4 is 10.6 Å². The van der Waals surface area contributed by atoms with Gasteiger partial charge in [-0.05, 0) is 36.1 Å². The number of aryl methyl sites for hydroxylation is 1. The minimum absolute atomic E-state index is 0.698. The van der Waals surface area contributed by atoms with E-state index >= 15 is 0 Å². The van der Waals surface area contributed by atoms with Crippen molar-refractivity contribution in [1.29, 1.82) is 0 Å². The molecule has 0 aliphatic rings. The third-order valence-corrected chi connectivity index (χ3v) is 4.26. The average Bonchev–Trinajstić information content (AvgIpc) is 2.93. The summed E-state index contributed by atoms with van der Waals surface area (Å²) >= 11 is 1.68. The Bertz CT molecular complexity index is 739. The van der Waals surface area contributed by atoms with Gasteiger partial charge in [0.1, 0.15) is 17.2 Å². The van der Waals surface area contributed by atoms with E-state index in [1.165, 1.54) is 5.56 Å². The minimum Gasteiger partial charge on any atom is -0.383 e. The summed E-state index contributed by atoms with van der Waals surface area (Å²) in [5, 5.41) is 2.07. The molecule has 19 heavy (non-hydrogen) atoms. The van der Waals surface area contributed by atoms with Crippen LogP contribution in [-0.2, 0) is 0 Å². The quantitative estimate of drug-likeness (QED) is 0.780. The van der Waals surface area contributed by atoms with E-state index in [1.807, 2.05) is 36.8 Å². The van der Waals surface area contributed by atoms with Gasteiger partial charge in [-0.25, -0.2) is 4.98 Å². The molecular weight excluding hydrogens is 256 g/mol. The average molecular weight is 272 g/mol. The molecule has 3 aromatic rings. The van der Waals surface area contributed by atoms with Gasteiger partial charge in [0.15, 0.2) is 0 Å². The summed E-state index contributed by atoms with van der Waals surface area (Å²) in [6.07, 6.45) is 2.02. The lowest BCUT2D eigenvalue weighted by Crippen LogP contribution is -2.09. The molecule has 0 saturated carbocycles. The molecule has 5 heteroatoms. The van der Waals surface area contributed by atoms with Crippen LogP contribution in [0.5, 0.6) is 0 Å². The van der Waals surface area contributed by atoms with Gasteiger partial charge in [-0.3, -0.25) is 4.40 Å². The molecule has 0 saturated heterocycles. The largest absolute Gasteiger partial charge is 0.383 e. The highest BCUT2D eigenvalue weighted by Gasteiger charge is 2.14. The first-order valence-corrected chi connectivity index (χ1v) is 6.95. The van der Waals surface area contributed by atoms with Crippen LogP contribution in [0.15, 0.2) is 29.8 Å². The molecule has 0 aromatic carbocycles. The SMILES string of the molecule is Cc1ccsc1-c1nc2ccc(N(C)C)cn2c1N. The van der Waals surface area contributed by atoms with Crippen molar-refractivity contribution in [3.05, 3.63) is 35.3 Å². The normalized spacial score (nSPS) is 11.1. The van der Waals surface area contributed by atoms with E-state index in [4.69, 9.17) is 5.73 Å². The number of nitrogens with two attached hydrogens (primary N) is 1. The molecule has 0 bridgehead atoms. The van der Waals surface area contributed by atoms with Crippen LogP contribution in [-0.4, -0.2) is 23.5 Å². The number of nitrogens with zero attached hydrogens (tertiary/aromatic N) is 3. The Morgan fingerprint density at radius 1 is 1.26 bits per heavy atom. The van der Waals surface area contributed by atoms with E-state index in [9.17, 15) is 0 Å². The van der Waals surface area contributed by atoms with Crippen LogP contribution in [0.25, 0.3) is 16.2 Å². The van der Waals surface area contributed by atoms with Crippen molar-refractivity contribution in [1.82, 2.24) is 9.38 Å². The summed E-state index contributed by atoms with van der Waals surface area (Å²) in [6, 6.07) is 6.14. The molecule has 3 heterocycles. The molecule has 0 aliphatic carbocycles. The molecule has 0 fully saturated rings. The Kier molecular flexibility index (Phi) is 2.71. The summed E-state index contributed by atoms with van der Waals surface area (Å²) in [7, 11) is 4.03. The molecule has 3 aromatic heterocycles. The maximum atomic E-state index is 6.26. The van der Waals surface area contributed by atoms with Gasteiger partial charge in [0.2, 0.25) is 0 Å². The lowest BCUT2D eigenvalue weighted by Gasteiger charge is -2.12. The number of rotatable bonds is 2. The van der Waals surface area contributed by atoms with E-state index in [0.717, 1.165) is 21.9 Å². The monoisotopic (exact) mass is 272 g/mol. The van der Waals surface area contributed by atoms with Gasteiger partial charge in [0, 0.05) is 20.3 Å². The number of imidazole rings is 1. The Labute approximate surface area is 116 Å². The zero-order valence-corrected chi connectivity index (χ0v) is 12.0. The van der Waals surface area contributed by atoms with Crippen molar-refractivity contribution >= 4 is 28.5 Å². The van der Waals surface area contributed by atoms with Crippen LogP contribution in [0, 0.1) is 6.92 Å². The fraction of sp³-hybridized carbons (Fsp3) is 0.214. The predicted octanol–water partition coefficient (Wildman–Crippen LogP) is 3.02. The number of anilines is 2. The van der Waals surface area contributed by atoms with E-state index in [1.54, 1.807) is 11.3 Å². The van der Waals surface area contributed by atoms with Crippen molar-refractivity contribution in [2.45, 2.75) is 6.92 Å². The van der Waals surface area contributed by atoms with Gasteiger partial charge in [-0.2, -0.15) is 0 Å². The summed E-state index contributed by atoms with van der Waals surface area (Å²) in [4.78, 5) is 7.84. The van der Waals surface area contributed by atoms with Crippen LogP contribution in [0.2, 0.25) is 0 Å². The van der Waals surface area contributed by atoms with Gasteiger partial charge in [-0.15, -0.1) is 11.3 Å².